The van der Waals surface area contributed by atoms with Gasteiger partial charge in [-0.05, 0) is 42.7 Å². The smallest absolute Gasteiger partial charge is 0.289 e. The van der Waals surface area contributed by atoms with Crippen molar-refractivity contribution in [3.05, 3.63) is 41.7 Å². The average Bonchev–Trinajstić information content (AvgIpc) is 3.19. The summed E-state index contributed by atoms with van der Waals surface area (Å²) in [6.07, 6.45) is 8.05. The van der Waals surface area contributed by atoms with E-state index in [-0.39, 0.29) is 5.91 Å². The summed E-state index contributed by atoms with van der Waals surface area (Å²) in [5, 5.41) is 11.6. The molecular formula is C19H24N6O. The molecule has 2 aromatic rings. The summed E-state index contributed by atoms with van der Waals surface area (Å²) in [6, 6.07) is 4.45. The Morgan fingerprint density at radius 2 is 2.08 bits per heavy atom. The van der Waals surface area contributed by atoms with E-state index in [4.69, 9.17) is 0 Å². The van der Waals surface area contributed by atoms with Gasteiger partial charge in [0, 0.05) is 51.0 Å². The molecule has 4 heterocycles. The predicted octanol–water partition coefficient (Wildman–Crippen LogP) is 1.26. The minimum Gasteiger partial charge on any atom is -0.347 e. The van der Waals surface area contributed by atoms with E-state index in [0.717, 1.165) is 51.3 Å². The van der Waals surface area contributed by atoms with E-state index in [1.807, 2.05) is 18.5 Å². The zero-order valence-electron chi connectivity index (χ0n) is 14.8. The van der Waals surface area contributed by atoms with E-state index in [0.29, 0.717) is 23.7 Å². The number of hydrogen-bond donors (Lipinski definition) is 1. The number of nitrogens with zero attached hydrogens (tertiary/aromatic N) is 5. The Morgan fingerprint density at radius 3 is 2.85 bits per heavy atom. The predicted molar refractivity (Wildman–Crippen MR) is 95.3 cm³/mol. The van der Waals surface area contributed by atoms with Crippen molar-refractivity contribution >= 4 is 5.91 Å². The van der Waals surface area contributed by atoms with Gasteiger partial charge < -0.3 is 9.88 Å². The zero-order valence-corrected chi connectivity index (χ0v) is 14.8. The molecule has 2 unspecified atom stereocenters. The molecule has 3 aliphatic rings. The zero-order chi connectivity index (χ0) is 17.5. The molecule has 0 radical (unpaired) electrons. The number of nitrogens with one attached hydrogen (secondary N) is 1. The molecule has 0 bridgehead atoms. The van der Waals surface area contributed by atoms with Crippen LogP contribution in [0.2, 0.25) is 0 Å². The number of pyridine rings is 1. The molecule has 136 valence electrons. The van der Waals surface area contributed by atoms with E-state index in [1.165, 1.54) is 12.0 Å². The number of carbonyl (C=O) groups excluding carboxylic acids is 1. The van der Waals surface area contributed by atoms with Crippen molar-refractivity contribution < 1.29 is 4.79 Å². The van der Waals surface area contributed by atoms with Gasteiger partial charge in [0.05, 0.1) is 0 Å². The SMILES string of the molecule is O=C(NC1CCC1)c1nnc2n1CC1CN(Cc3cccnc3)CC1C2. The van der Waals surface area contributed by atoms with Gasteiger partial charge in [-0.2, -0.15) is 0 Å². The first kappa shape index (κ1) is 15.9. The largest absolute Gasteiger partial charge is 0.347 e. The van der Waals surface area contributed by atoms with Gasteiger partial charge >= 0.3 is 0 Å². The standard InChI is InChI=1S/C19H24N6O/c26-19(21-16-4-1-5-16)18-23-22-17-7-14-10-24(11-15(14)12-25(17)18)9-13-3-2-6-20-8-13/h2-3,6,8,14-16H,1,4-5,7,9-12H2,(H,21,26). The van der Waals surface area contributed by atoms with Crippen LogP contribution >= 0.6 is 0 Å². The first-order valence-corrected chi connectivity index (χ1v) is 9.60. The Labute approximate surface area is 152 Å². The lowest BCUT2D eigenvalue weighted by atomic mass is 9.89. The van der Waals surface area contributed by atoms with Crippen molar-refractivity contribution in [3.63, 3.8) is 0 Å². The van der Waals surface area contributed by atoms with Gasteiger partial charge in [-0.25, -0.2) is 0 Å². The highest BCUT2D eigenvalue weighted by Crippen LogP contribution is 2.33. The van der Waals surface area contributed by atoms with Crippen molar-refractivity contribution in [2.45, 2.75) is 44.8 Å². The number of hydrogen-bond acceptors (Lipinski definition) is 5. The molecule has 0 aromatic carbocycles. The molecule has 26 heavy (non-hydrogen) atoms. The molecule has 1 N–H and O–H groups in total. The fourth-order valence-corrected chi connectivity index (χ4v) is 4.47. The van der Waals surface area contributed by atoms with Gasteiger partial charge in [0.2, 0.25) is 5.82 Å². The molecule has 1 aliphatic carbocycles. The van der Waals surface area contributed by atoms with Crippen LogP contribution in [0.1, 0.15) is 41.3 Å². The number of carbonyl (C=O) groups is 1. The fourth-order valence-electron chi connectivity index (χ4n) is 4.47. The van der Waals surface area contributed by atoms with Gasteiger partial charge in [0.25, 0.3) is 5.91 Å². The Hall–Kier alpha value is -2.28. The summed E-state index contributed by atoms with van der Waals surface area (Å²) >= 11 is 0. The van der Waals surface area contributed by atoms with Gasteiger partial charge in [-0.1, -0.05) is 6.07 Å². The molecule has 2 aromatic heterocycles. The van der Waals surface area contributed by atoms with Crippen LogP contribution in [0.4, 0.5) is 0 Å². The van der Waals surface area contributed by atoms with Crippen molar-refractivity contribution in [1.29, 1.82) is 0 Å². The summed E-state index contributed by atoms with van der Waals surface area (Å²) in [6.45, 7) is 3.93. The fraction of sp³-hybridized carbons (Fsp3) is 0.579. The quantitative estimate of drug-likeness (QED) is 0.897. The first-order valence-electron chi connectivity index (χ1n) is 9.60. The van der Waals surface area contributed by atoms with Crippen LogP contribution in [0.25, 0.3) is 0 Å². The van der Waals surface area contributed by atoms with Crippen molar-refractivity contribution in [2.24, 2.45) is 11.8 Å². The maximum Gasteiger partial charge on any atom is 0.289 e. The van der Waals surface area contributed by atoms with Crippen molar-refractivity contribution in [1.82, 2.24) is 30.0 Å². The van der Waals surface area contributed by atoms with Crippen LogP contribution in [0, 0.1) is 11.8 Å². The van der Waals surface area contributed by atoms with Crippen molar-refractivity contribution in [3.8, 4) is 0 Å². The molecule has 5 rings (SSSR count). The summed E-state index contributed by atoms with van der Waals surface area (Å²) in [5.41, 5.74) is 1.26. The summed E-state index contributed by atoms with van der Waals surface area (Å²) in [5.74, 6) is 2.57. The van der Waals surface area contributed by atoms with Crippen LogP contribution in [0.3, 0.4) is 0 Å². The van der Waals surface area contributed by atoms with E-state index < -0.39 is 0 Å². The first-order chi connectivity index (χ1) is 12.8. The third kappa shape index (κ3) is 2.90. The summed E-state index contributed by atoms with van der Waals surface area (Å²) in [7, 11) is 0. The molecule has 2 atom stereocenters. The molecule has 7 heteroatoms. The minimum absolute atomic E-state index is 0.0582. The monoisotopic (exact) mass is 352 g/mol. The van der Waals surface area contributed by atoms with Crippen molar-refractivity contribution in [2.75, 3.05) is 13.1 Å². The summed E-state index contributed by atoms with van der Waals surface area (Å²) < 4.78 is 2.06. The topological polar surface area (TPSA) is 75.9 Å². The minimum atomic E-state index is -0.0582. The van der Waals surface area contributed by atoms with E-state index in [9.17, 15) is 4.79 Å². The van der Waals surface area contributed by atoms with Gasteiger partial charge in [-0.3, -0.25) is 14.7 Å². The lowest BCUT2D eigenvalue weighted by Crippen LogP contribution is -2.41. The Bertz CT molecular complexity index is 800. The molecule has 7 nitrogen and oxygen atoms in total. The number of likely N-dealkylation sites (tertiary alicyclic amines) is 1. The average molecular weight is 352 g/mol. The van der Waals surface area contributed by atoms with Gasteiger partial charge in [-0.15, -0.1) is 10.2 Å². The number of amides is 1. The number of fused-ring (bicyclic) bond motifs is 2. The third-order valence-corrected chi connectivity index (χ3v) is 6.11. The Kier molecular flexibility index (Phi) is 3.96. The van der Waals surface area contributed by atoms with Crippen LogP contribution in [0.5, 0.6) is 0 Å². The molecule has 1 saturated heterocycles. The second kappa shape index (κ2) is 6.46. The molecule has 1 amide bonds. The second-order valence-corrected chi connectivity index (χ2v) is 7.93. The molecule has 2 fully saturated rings. The van der Waals surface area contributed by atoms with Crippen LogP contribution in [-0.2, 0) is 19.5 Å². The normalized spacial score (nSPS) is 25.4. The van der Waals surface area contributed by atoms with Gasteiger partial charge in [0.15, 0.2) is 0 Å². The third-order valence-electron chi connectivity index (χ3n) is 6.11. The maximum atomic E-state index is 12.5. The van der Waals surface area contributed by atoms with E-state index in [1.54, 1.807) is 0 Å². The van der Waals surface area contributed by atoms with Crippen LogP contribution in [0.15, 0.2) is 24.5 Å². The molecule has 1 saturated carbocycles. The molecule has 0 spiro atoms. The summed E-state index contributed by atoms with van der Waals surface area (Å²) in [4.78, 5) is 19.2. The van der Waals surface area contributed by atoms with Crippen LogP contribution < -0.4 is 5.32 Å². The maximum absolute atomic E-state index is 12.5. The number of rotatable bonds is 4. The van der Waals surface area contributed by atoms with Gasteiger partial charge in [0.1, 0.15) is 5.82 Å². The molecular weight excluding hydrogens is 328 g/mol. The Morgan fingerprint density at radius 1 is 1.19 bits per heavy atom. The number of aromatic nitrogens is 4. The lowest BCUT2D eigenvalue weighted by Gasteiger charge is -2.28. The highest BCUT2D eigenvalue weighted by molar-refractivity contribution is 5.91. The Balaban J connectivity index is 1.27. The lowest BCUT2D eigenvalue weighted by molar-refractivity contribution is 0.0898. The highest BCUT2D eigenvalue weighted by atomic mass is 16.2. The van der Waals surface area contributed by atoms with E-state index in [2.05, 4.69) is 36.0 Å². The molecule has 2 aliphatic heterocycles. The second-order valence-electron chi connectivity index (χ2n) is 7.93. The van der Waals surface area contributed by atoms with Crippen LogP contribution in [-0.4, -0.2) is 49.7 Å². The van der Waals surface area contributed by atoms with E-state index >= 15 is 0 Å². The highest BCUT2D eigenvalue weighted by Gasteiger charge is 2.39.